The van der Waals surface area contributed by atoms with E-state index in [0.29, 0.717) is 6.54 Å². The Balaban J connectivity index is 3.23. The molecule has 0 saturated heterocycles. The zero-order valence-corrected chi connectivity index (χ0v) is 13.9. The Morgan fingerprint density at radius 3 is 1.75 bits per heavy atom. The van der Waals surface area contributed by atoms with Crippen molar-refractivity contribution in [3.63, 3.8) is 0 Å². The maximum absolute atomic E-state index is 11.2. The second kappa shape index (κ2) is 12.2. The molecule has 20 heavy (non-hydrogen) atoms. The third-order valence-corrected chi connectivity index (χ3v) is 4.03. The highest BCUT2D eigenvalue weighted by atomic mass is 32.2. The highest BCUT2D eigenvalue weighted by molar-refractivity contribution is 7.91. The van der Waals surface area contributed by atoms with Crippen molar-refractivity contribution in [1.82, 2.24) is 5.32 Å². The molecule has 0 unspecified atom stereocenters. The molecule has 1 amide bonds. The van der Waals surface area contributed by atoms with Crippen LogP contribution in [0, 0.1) is 0 Å². The molecule has 1 N–H and O–H groups in total. The molecule has 0 heterocycles. The summed E-state index contributed by atoms with van der Waals surface area (Å²) in [5.74, 6) is -0.784. The molecule has 0 aliphatic rings. The molecule has 0 aromatic carbocycles. The molecule has 0 rings (SSSR count). The number of unbranched alkanes of at least 4 members (excludes halogenated alkanes) is 9. The summed E-state index contributed by atoms with van der Waals surface area (Å²) in [5.41, 5.74) is 0. The average molecular weight is 305 g/mol. The molecule has 0 aliphatic heterocycles. The van der Waals surface area contributed by atoms with Crippen molar-refractivity contribution in [2.24, 2.45) is 0 Å². The van der Waals surface area contributed by atoms with Crippen LogP contribution in [0.25, 0.3) is 0 Å². The zero-order chi connectivity index (χ0) is 15.3. The van der Waals surface area contributed by atoms with Crippen LogP contribution in [0.2, 0.25) is 0 Å². The first-order valence-electron chi connectivity index (χ1n) is 7.90. The Bertz CT molecular complexity index is 339. The number of rotatable bonds is 13. The monoisotopic (exact) mass is 305 g/mol. The van der Waals surface area contributed by atoms with E-state index >= 15 is 0 Å². The fourth-order valence-corrected chi connectivity index (χ4v) is 2.71. The molecule has 0 aliphatic carbocycles. The van der Waals surface area contributed by atoms with Gasteiger partial charge in [-0.25, -0.2) is 8.42 Å². The largest absolute Gasteiger partial charge is 0.355 e. The van der Waals surface area contributed by atoms with Crippen molar-refractivity contribution in [2.75, 3.05) is 18.6 Å². The van der Waals surface area contributed by atoms with Gasteiger partial charge in [0.2, 0.25) is 5.91 Å². The summed E-state index contributed by atoms with van der Waals surface area (Å²) in [6.45, 7) is 2.82. The lowest BCUT2D eigenvalue weighted by molar-refractivity contribution is -0.118. The van der Waals surface area contributed by atoms with Crippen LogP contribution in [0.15, 0.2) is 0 Å². The Labute approximate surface area is 124 Å². The van der Waals surface area contributed by atoms with Gasteiger partial charge in [0, 0.05) is 12.8 Å². The first kappa shape index (κ1) is 19.4. The number of hydrogen-bond acceptors (Lipinski definition) is 3. The third-order valence-electron chi connectivity index (χ3n) is 3.25. The van der Waals surface area contributed by atoms with Gasteiger partial charge in [-0.3, -0.25) is 4.79 Å². The van der Waals surface area contributed by atoms with Crippen LogP contribution in [0.5, 0.6) is 0 Å². The molecular weight excluding hydrogens is 274 g/mol. The minimum absolute atomic E-state index is 0.386. The van der Waals surface area contributed by atoms with Crippen molar-refractivity contribution < 1.29 is 13.2 Å². The topological polar surface area (TPSA) is 63.2 Å². The highest BCUT2D eigenvalue weighted by Gasteiger charge is 2.09. The van der Waals surface area contributed by atoms with E-state index in [1.165, 1.54) is 51.4 Å². The Kier molecular flexibility index (Phi) is 11.8. The van der Waals surface area contributed by atoms with Crippen molar-refractivity contribution in [2.45, 2.75) is 71.1 Å². The minimum atomic E-state index is -3.20. The molecule has 0 aromatic heterocycles. The van der Waals surface area contributed by atoms with Crippen LogP contribution in [-0.2, 0) is 14.6 Å². The van der Waals surface area contributed by atoms with E-state index in [0.717, 1.165) is 19.1 Å². The van der Waals surface area contributed by atoms with Gasteiger partial charge in [0.25, 0.3) is 0 Å². The smallest absolute Gasteiger partial charge is 0.235 e. The van der Waals surface area contributed by atoms with Gasteiger partial charge in [-0.2, -0.15) is 0 Å². The van der Waals surface area contributed by atoms with Crippen LogP contribution >= 0.6 is 0 Å². The maximum Gasteiger partial charge on any atom is 0.235 e. The average Bonchev–Trinajstić information content (AvgIpc) is 2.34. The summed E-state index contributed by atoms with van der Waals surface area (Å²) in [5, 5.41) is 2.65. The highest BCUT2D eigenvalue weighted by Crippen LogP contribution is 2.10. The molecular formula is C15H31NO3S. The fourth-order valence-electron chi connectivity index (χ4n) is 2.13. The Hall–Kier alpha value is -0.580. The van der Waals surface area contributed by atoms with Gasteiger partial charge in [0.1, 0.15) is 5.75 Å². The number of carbonyl (C=O) groups excluding carboxylic acids is 1. The van der Waals surface area contributed by atoms with Crippen LogP contribution < -0.4 is 5.32 Å². The first-order chi connectivity index (χ1) is 9.45. The summed E-state index contributed by atoms with van der Waals surface area (Å²) < 4.78 is 21.8. The van der Waals surface area contributed by atoms with E-state index < -0.39 is 15.6 Å². The van der Waals surface area contributed by atoms with Crippen molar-refractivity contribution in [1.29, 1.82) is 0 Å². The van der Waals surface area contributed by atoms with E-state index in [4.69, 9.17) is 0 Å². The molecule has 0 bridgehead atoms. The molecule has 4 nitrogen and oxygen atoms in total. The van der Waals surface area contributed by atoms with Gasteiger partial charge in [-0.05, 0) is 6.42 Å². The normalized spacial score (nSPS) is 11.5. The summed E-state index contributed by atoms with van der Waals surface area (Å²) in [6, 6.07) is 0. The molecule has 0 fully saturated rings. The van der Waals surface area contributed by atoms with Crippen LogP contribution in [-0.4, -0.2) is 32.9 Å². The second-order valence-corrected chi connectivity index (χ2v) is 7.74. The fraction of sp³-hybridized carbons (Fsp3) is 0.933. The molecule has 0 radical (unpaired) electrons. The predicted octanol–water partition coefficient (Wildman–Crippen LogP) is 3.07. The zero-order valence-electron chi connectivity index (χ0n) is 13.1. The second-order valence-electron chi connectivity index (χ2n) is 5.60. The number of nitrogens with one attached hydrogen (secondary N) is 1. The summed E-state index contributed by atoms with van der Waals surface area (Å²) >= 11 is 0. The lowest BCUT2D eigenvalue weighted by Crippen LogP contribution is -2.30. The predicted molar refractivity (Wildman–Crippen MR) is 84.6 cm³/mol. The summed E-state index contributed by atoms with van der Waals surface area (Å²) in [6.07, 6.45) is 13.6. The Morgan fingerprint density at radius 1 is 0.850 bits per heavy atom. The van der Waals surface area contributed by atoms with E-state index in [2.05, 4.69) is 12.2 Å². The summed E-state index contributed by atoms with van der Waals surface area (Å²) in [4.78, 5) is 11.2. The first-order valence-corrected chi connectivity index (χ1v) is 9.96. The van der Waals surface area contributed by atoms with E-state index in [1.54, 1.807) is 0 Å². The van der Waals surface area contributed by atoms with E-state index in [-0.39, 0.29) is 5.91 Å². The number of sulfone groups is 1. The molecule has 0 spiro atoms. The molecule has 120 valence electrons. The standard InChI is InChI=1S/C15H31NO3S/c1-3-4-5-6-7-8-9-10-11-12-13-16-15(17)14-20(2,18)19/h3-14H2,1-2H3,(H,16,17). The molecule has 5 heteroatoms. The number of hydrogen-bond donors (Lipinski definition) is 1. The lowest BCUT2D eigenvalue weighted by atomic mass is 10.1. The third kappa shape index (κ3) is 15.5. The summed E-state index contributed by atoms with van der Waals surface area (Å²) in [7, 11) is -3.20. The van der Waals surface area contributed by atoms with Crippen molar-refractivity contribution in [3.8, 4) is 0 Å². The van der Waals surface area contributed by atoms with Crippen LogP contribution in [0.1, 0.15) is 71.1 Å². The number of carbonyl (C=O) groups is 1. The quantitative estimate of drug-likeness (QED) is 0.532. The maximum atomic E-state index is 11.2. The Morgan fingerprint density at radius 2 is 1.30 bits per heavy atom. The van der Waals surface area contributed by atoms with Crippen molar-refractivity contribution in [3.05, 3.63) is 0 Å². The van der Waals surface area contributed by atoms with Gasteiger partial charge in [-0.15, -0.1) is 0 Å². The van der Waals surface area contributed by atoms with Gasteiger partial charge < -0.3 is 5.32 Å². The SMILES string of the molecule is CCCCCCCCCCCCNC(=O)CS(C)(=O)=O. The molecule has 0 saturated carbocycles. The minimum Gasteiger partial charge on any atom is -0.355 e. The van der Waals surface area contributed by atoms with Gasteiger partial charge in [0.15, 0.2) is 9.84 Å². The van der Waals surface area contributed by atoms with Gasteiger partial charge in [0.05, 0.1) is 0 Å². The molecule has 0 atom stereocenters. The van der Waals surface area contributed by atoms with Crippen LogP contribution in [0.3, 0.4) is 0 Å². The van der Waals surface area contributed by atoms with Gasteiger partial charge >= 0.3 is 0 Å². The van der Waals surface area contributed by atoms with E-state index in [1.807, 2.05) is 0 Å². The van der Waals surface area contributed by atoms with E-state index in [9.17, 15) is 13.2 Å². The van der Waals surface area contributed by atoms with Crippen molar-refractivity contribution >= 4 is 15.7 Å². The lowest BCUT2D eigenvalue weighted by Gasteiger charge is -2.04. The number of amides is 1. The van der Waals surface area contributed by atoms with Crippen LogP contribution in [0.4, 0.5) is 0 Å². The van der Waals surface area contributed by atoms with Gasteiger partial charge in [-0.1, -0.05) is 64.7 Å². The molecule has 0 aromatic rings.